The first-order chi connectivity index (χ1) is 16.0. The number of carbonyl (C=O) groups excluding carboxylic acids is 1. The van der Waals surface area contributed by atoms with Gasteiger partial charge in [-0.25, -0.2) is 0 Å². The molecule has 33 heavy (non-hydrogen) atoms. The van der Waals surface area contributed by atoms with Crippen LogP contribution in [0.2, 0.25) is 0 Å². The number of hydrogen-bond acceptors (Lipinski definition) is 6. The Balaban J connectivity index is 1.24. The number of carbonyl (C=O) groups is 1. The number of nitrogen functional groups attached to an aromatic ring is 1. The first kappa shape index (κ1) is 20.9. The van der Waals surface area contributed by atoms with Crippen LogP contribution in [0, 0.1) is 0 Å². The van der Waals surface area contributed by atoms with E-state index in [1.807, 2.05) is 43.3 Å². The second-order valence-electron chi connectivity index (χ2n) is 8.44. The largest absolute Gasteiger partial charge is 0.454 e. The van der Waals surface area contributed by atoms with E-state index in [-0.39, 0.29) is 12.7 Å². The van der Waals surface area contributed by atoms with E-state index in [4.69, 9.17) is 15.2 Å². The molecule has 0 spiro atoms. The molecule has 0 atom stereocenters. The second kappa shape index (κ2) is 8.52. The van der Waals surface area contributed by atoms with Crippen LogP contribution < -0.4 is 25.8 Å². The summed E-state index contributed by atoms with van der Waals surface area (Å²) in [5.41, 5.74) is 12.9. The predicted molar refractivity (Wildman–Crippen MR) is 130 cm³/mol. The standard InChI is InChI=1S/C26H26N4O3/c1-16(25-21-12-19(27)6-9-22(21)29-26(25)31)28-20-7-3-17(4-8-20)13-30(2)14-18-5-10-23-24(11-18)33-15-32-23/h3-12,28H,13-15,27H2,1-2H3,(H,29,31). The summed E-state index contributed by atoms with van der Waals surface area (Å²) in [6.45, 7) is 3.81. The van der Waals surface area contributed by atoms with Gasteiger partial charge in [-0.3, -0.25) is 9.69 Å². The highest BCUT2D eigenvalue weighted by Crippen LogP contribution is 2.35. The van der Waals surface area contributed by atoms with Crippen molar-refractivity contribution < 1.29 is 14.3 Å². The molecule has 3 aromatic carbocycles. The van der Waals surface area contributed by atoms with E-state index in [0.717, 1.165) is 47.2 Å². The van der Waals surface area contributed by atoms with Crippen molar-refractivity contribution in [3.05, 3.63) is 83.1 Å². The van der Waals surface area contributed by atoms with Gasteiger partial charge in [-0.05, 0) is 67.6 Å². The number of benzene rings is 3. The summed E-state index contributed by atoms with van der Waals surface area (Å²) in [5.74, 6) is 1.49. The van der Waals surface area contributed by atoms with Gasteiger partial charge in [0.25, 0.3) is 5.91 Å². The van der Waals surface area contributed by atoms with Gasteiger partial charge in [-0.2, -0.15) is 0 Å². The average molecular weight is 443 g/mol. The predicted octanol–water partition coefficient (Wildman–Crippen LogP) is 4.42. The lowest BCUT2D eigenvalue weighted by atomic mass is 10.0. The van der Waals surface area contributed by atoms with E-state index < -0.39 is 0 Å². The van der Waals surface area contributed by atoms with E-state index in [0.29, 0.717) is 11.3 Å². The molecule has 0 unspecified atom stereocenters. The van der Waals surface area contributed by atoms with Gasteiger partial charge in [0, 0.05) is 41.4 Å². The summed E-state index contributed by atoms with van der Waals surface area (Å²) in [5, 5.41) is 6.25. The van der Waals surface area contributed by atoms with Crippen molar-refractivity contribution in [3.8, 4) is 11.5 Å². The molecule has 0 aromatic heterocycles. The van der Waals surface area contributed by atoms with Crippen molar-refractivity contribution in [2.24, 2.45) is 0 Å². The minimum atomic E-state index is -0.123. The summed E-state index contributed by atoms with van der Waals surface area (Å²) in [6, 6.07) is 19.7. The Morgan fingerprint density at radius 3 is 2.55 bits per heavy atom. The van der Waals surface area contributed by atoms with Gasteiger partial charge in [0.1, 0.15) is 0 Å². The van der Waals surface area contributed by atoms with Crippen LogP contribution in [0.3, 0.4) is 0 Å². The number of rotatable bonds is 6. The van der Waals surface area contributed by atoms with Crippen molar-refractivity contribution in [3.63, 3.8) is 0 Å². The van der Waals surface area contributed by atoms with Crippen molar-refractivity contribution in [1.82, 2.24) is 4.90 Å². The molecular formula is C26H26N4O3. The summed E-state index contributed by atoms with van der Waals surface area (Å²) < 4.78 is 10.9. The van der Waals surface area contributed by atoms with Gasteiger partial charge in [0.15, 0.2) is 11.5 Å². The van der Waals surface area contributed by atoms with E-state index in [1.165, 1.54) is 11.1 Å². The smallest absolute Gasteiger partial charge is 0.258 e. The molecule has 2 aliphatic heterocycles. The van der Waals surface area contributed by atoms with Crippen molar-refractivity contribution in [2.75, 3.05) is 30.2 Å². The summed E-state index contributed by atoms with van der Waals surface area (Å²) >= 11 is 0. The highest BCUT2D eigenvalue weighted by Gasteiger charge is 2.26. The molecule has 0 bridgehead atoms. The Hall–Kier alpha value is -3.97. The number of nitrogens with one attached hydrogen (secondary N) is 2. The monoisotopic (exact) mass is 442 g/mol. The number of allylic oxidation sites excluding steroid dienone is 1. The lowest BCUT2D eigenvalue weighted by Crippen LogP contribution is -2.17. The maximum atomic E-state index is 12.5. The highest BCUT2D eigenvalue weighted by molar-refractivity contribution is 6.32. The molecule has 7 nitrogen and oxygen atoms in total. The fraction of sp³-hybridized carbons (Fsp3) is 0.192. The molecule has 4 N–H and O–H groups in total. The topological polar surface area (TPSA) is 88.9 Å². The molecule has 3 aromatic rings. The summed E-state index contributed by atoms with van der Waals surface area (Å²) in [6.07, 6.45) is 0. The third-order valence-electron chi connectivity index (χ3n) is 5.79. The number of hydrogen-bond donors (Lipinski definition) is 3. The van der Waals surface area contributed by atoms with Crippen LogP contribution in [-0.2, 0) is 17.9 Å². The van der Waals surface area contributed by atoms with Crippen LogP contribution in [0.5, 0.6) is 11.5 Å². The molecule has 0 radical (unpaired) electrons. The fourth-order valence-electron chi connectivity index (χ4n) is 4.25. The first-order valence-corrected chi connectivity index (χ1v) is 10.8. The Morgan fingerprint density at radius 1 is 1.00 bits per heavy atom. The second-order valence-corrected chi connectivity index (χ2v) is 8.44. The highest BCUT2D eigenvalue weighted by atomic mass is 16.7. The Morgan fingerprint density at radius 2 is 1.73 bits per heavy atom. The van der Waals surface area contributed by atoms with Gasteiger partial charge < -0.3 is 25.8 Å². The molecule has 0 saturated carbocycles. The van der Waals surface area contributed by atoms with Crippen LogP contribution in [0.1, 0.15) is 23.6 Å². The van der Waals surface area contributed by atoms with Gasteiger partial charge in [0.05, 0.1) is 5.57 Å². The van der Waals surface area contributed by atoms with Crippen molar-refractivity contribution >= 4 is 28.5 Å². The zero-order valence-corrected chi connectivity index (χ0v) is 18.6. The van der Waals surface area contributed by atoms with Crippen LogP contribution in [0.25, 0.3) is 5.57 Å². The normalized spacial score (nSPS) is 15.4. The molecule has 5 rings (SSSR count). The van der Waals surface area contributed by atoms with Crippen molar-refractivity contribution in [2.45, 2.75) is 20.0 Å². The van der Waals surface area contributed by atoms with E-state index in [1.54, 1.807) is 6.07 Å². The SMILES string of the molecule is CC(Nc1ccc(CN(C)Cc2ccc3c(c2)OCO3)cc1)=C1C(=O)Nc2ccc(N)cc21. The number of nitrogens with two attached hydrogens (primary N) is 1. The molecular weight excluding hydrogens is 416 g/mol. The zero-order chi connectivity index (χ0) is 22.9. The molecule has 7 heteroatoms. The van der Waals surface area contributed by atoms with E-state index in [9.17, 15) is 4.79 Å². The number of ether oxygens (including phenoxy) is 2. The minimum Gasteiger partial charge on any atom is -0.454 e. The average Bonchev–Trinajstić information content (AvgIpc) is 3.37. The molecule has 2 heterocycles. The van der Waals surface area contributed by atoms with Gasteiger partial charge >= 0.3 is 0 Å². The number of amides is 1. The maximum absolute atomic E-state index is 12.5. The van der Waals surface area contributed by atoms with Gasteiger partial charge in [-0.15, -0.1) is 0 Å². The van der Waals surface area contributed by atoms with Gasteiger partial charge in [0.2, 0.25) is 6.79 Å². The number of nitrogens with zero attached hydrogens (tertiary/aromatic N) is 1. The molecule has 0 saturated heterocycles. The summed E-state index contributed by atoms with van der Waals surface area (Å²) in [4.78, 5) is 14.7. The maximum Gasteiger partial charge on any atom is 0.258 e. The van der Waals surface area contributed by atoms with E-state index >= 15 is 0 Å². The lowest BCUT2D eigenvalue weighted by molar-refractivity contribution is -0.110. The van der Waals surface area contributed by atoms with Crippen LogP contribution in [0.4, 0.5) is 17.1 Å². The molecule has 2 aliphatic rings. The molecule has 0 fully saturated rings. The minimum absolute atomic E-state index is 0.123. The Labute approximate surface area is 192 Å². The summed E-state index contributed by atoms with van der Waals surface area (Å²) in [7, 11) is 2.09. The van der Waals surface area contributed by atoms with Gasteiger partial charge in [-0.1, -0.05) is 18.2 Å². The first-order valence-electron chi connectivity index (χ1n) is 10.8. The lowest BCUT2D eigenvalue weighted by Gasteiger charge is -2.17. The Kier molecular flexibility index (Phi) is 5.40. The van der Waals surface area contributed by atoms with Crippen LogP contribution in [-0.4, -0.2) is 24.6 Å². The zero-order valence-electron chi connectivity index (χ0n) is 18.6. The number of fused-ring (bicyclic) bond motifs is 2. The third kappa shape index (κ3) is 4.36. The van der Waals surface area contributed by atoms with Crippen LogP contribution >= 0.6 is 0 Å². The van der Waals surface area contributed by atoms with Crippen molar-refractivity contribution in [1.29, 1.82) is 0 Å². The molecule has 1 amide bonds. The quantitative estimate of drug-likeness (QED) is 0.387. The number of anilines is 3. The van der Waals surface area contributed by atoms with E-state index in [2.05, 4.69) is 40.8 Å². The van der Waals surface area contributed by atoms with Crippen LogP contribution in [0.15, 0.2) is 66.4 Å². The Bertz CT molecular complexity index is 1250. The fourth-order valence-corrected chi connectivity index (χ4v) is 4.25. The molecule has 168 valence electrons. The third-order valence-corrected chi connectivity index (χ3v) is 5.79. The molecule has 0 aliphatic carbocycles.